The van der Waals surface area contributed by atoms with Crippen molar-refractivity contribution in [2.75, 3.05) is 26.2 Å². The highest BCUT2D eigenvalue weighted by molar-refractivity contribution is 5.82. The summed E-state index contributed by atoms with van der Waals surface area (Å²) in [6.07, 6.45) is 0.959. The molecule has 5 nitrogen and oxygen atoms in total. The topological polar surface area (TPSA) is 66.6 Å². The Balaban J connectivity index is 2.49. The van der Waals surface area contributed by atoms with Gasteiger partial charge in [-0.05, 0) is 25.2 Å². The number of nitrogens with two attached hydrogens (primary N) is 1. The van der Waals surface area contributed by atoms with Gasteiger partial charge in [0.25, 0.3) is 0 Å². The van der Waals surface area contributed by atoms with E-state index in [-0.39, 0.29) is 17.7 Å². The summed E-state index contributed by atoms with van der Waals surface area (Å²) in [5.41, 5.74) is 5.91. The second kappa shape index (κ2) is 6.89. The second-order valence-corrected chi connectivity index (χ2v) is 5.77. The maximum atomic E-state index is 12.1. The van der Waals surface area contributed by atoms with E-state index in [0.717, 1.165) is 32.6 Å². The van der Waals surface area contributed by atoms with E-state index >= 15 is 0 Å². The molecule has 0 spiro atoms. The van der Waals surface area contributed by atoms with Gasteiger partial charge in [-0.2, -0.15) is 0 Å². The van der Waals surface area contributed by atoms with Gasteiger partial charge in [0.15, 0.2) is 0 Å². The van der Waals surface area contributed by atoms with E-state index in [0.29, 0.717) is 5.92 Å². The minimum absolute atomic E-state index is 0.0448. The van der Waals surface area contributed by atoms with E-state index in [1.54, 1.807) is 6.92 Å². The van der Waals surface area contributed by atoms with Crippen LogP contribution in [0.15, 0.2) is 0 Å². The molecule has 1 rings (SSSR count). The van der Waals surface area contributed by atoms with Crippen LogP contribution in [0.5, 0.6) is 0 Å². The highest BCUT2D eigenvalue weighted by Gasteiger charge is 2.31. The molecule has 1 fully saturated rings. The number of carbonyl (C=O) groups is 2. The molecule has 0 aliphatic carbocycles. The largest absolute Gasteiger partial charge is 0.343 e. The molecule has 110 valence electrons. The van der Waals surface area contributed by atoms with Crippen LogP contribution in [-0.4, -0.2) is 53.8 Å². The van der Waals surface area contributed by atoms with E-state index in [1.807, 2.05) is 30.6 Å². The Hall–Kier alpha value is -1.10. The molecule has 2 atom stereocenters. The molecule has 0 saturated carbocycles. The maximum Gasteiger partial charge on any atom is 0.239 e. The van der Waals surface area contributed by atoms with E-state index in [2.05, 4.69) is 0 Å². The van der Waals surface area contributed by atoms with Crippen LogP contribution in [0.4, 0.5) is 0 Å². The Morgan fingerprint density at radius 3 is 2.53 bits per heavy atom. The van der Waals surface area contributed by atoms with Crippen LogP contribution in [0.1, 0.15) is 34.1 Å². The number of nitrogens with zero attached hydrogens (tertiary/aromatic N) is 2. The van der Waals surface area contributed by atoms with Gasteiger partial charge in [-0.1, -0.05) is 13.8 Å². The summed E-state index contributed by atoms with van der Waals surface area (Å²) in [5, 5.41) is 0. The van der Waals surface area contributed by atoms with Gasteiger partial charge in [0.1, 0.15) is 0 Å². The summed E-state index contributed by atoms with van der Waals surface area (Å²) in [7, 11) is 0. The lowest BCUT2D eigenvalue weighted by molar-refractivity contribution is -0.132. The third-order valence-electron chi connectivity index (χ3n) is 3.91. The number of rotatable bonds is 5. The molecular weight excluding hydrogens is 242 g/mol. The quantitative estimate of drug-likeness (QED) is 0.798. The number of hydrogen-bond acceptors (Lipinski definition) is 3. The van der Waals surface area contributed by atoms with Gasteiger partial charge in [0, 0.05) is 33.1 Å². The van der Waals surface area contributed by atoms with Crippen LogP contribution in [0, 0.1) is 11.8 Å². The molecule has 5 heteroatoms. The van der Waals surface area contributed by atoms with E-state index in [9.17, 15) is 9.59 Å². The minimum Gasteiger partial charge on any atom is -0.343 e. The molecule has 1 aliphatic rings. The number of likely N-dealkylation sites (tertiary alicyclic amines) is 1. The van der Waals surface area contributed by atoms with Crippen LogP contribution in [-0.2, 0) is 9.59 Å². The lowest BCUT2D eigenvalue weighted by Crippen LogP contribution is -2.46. The van der Waals surface area contributed by atoms with Crippen molar-refractivity contribution in [3.63, 3.8) is 0 Å². The molecule has 1 heterocycles. The van der Waals surface area contributed by atoms with Gasteiger partial charge in [-0.15, -0.1) is 0 Å². The fourth-order valence-corrected chi connectivity index (χ4v) is 2.47. The van der Waals surface area contributed by atoms with Crippen molar-refractivity contribution < 1.29 is 9.59 Å². The van der Waals surface area contributed by atoms with E-state index in [4.69, 9.17) is 5.73 Å². The molecule has 0 aromatic carbocycles. The van der Waals surface area contributed by atoms with Crippen molar-refractivity contribution in [1.82, 2.24) is 9.80 Å². The molecule has 1 aliphatic heterocycles. The van der Waals surface area contributed by atoms with Gasteiger partial charge in [0.05, 0.1) is 6.04 Å². The van der Waals surface area contributed by atoms with Crippen LogP contribution in [0.2, 0.25) is 0 Å². The molecular formula is C14H27N3O2. The van der Waals surface area contributed by atoms with Crippen LogP contribution in [0.25, 0.3) is 0 Å². The van der Waals surface area contributed by atoms with Gasteiger partial charge in [0.2, 0.25) is 11.8 Å². The molecule has 0 radical (unpaired) electrons. The lowest BCUT2D eigenvalue weighted by Gasteiger charge is -2.25. The average molecular weight is 269 g/mol. The van der Waals surface area contributed by atoms with Crippen molar-refractivity contribution in [2.45, 2.75) is 40.2 Å². The van der Waals surface area contributed by atoms with E-state index in [1.165, 1.54) is 0 Å². The fourth-order valence-electron chi connectivity index (χ4n) is 2.47. The minimum atomic E-state index is -0.408. The van der Waals surface area contributed by atoms with Gasteiger partial charge >= 0.3 is 0 Å². The third kappa shape index (κ3) is 4.20. The first-order chi connectivity index (χ1) is 8.86. The molecule has 19 heavy (non-hydrogen) atoms. The number of carbonyl (C=O) groups excluding carboxylic acids is 2. The average Bonchev–Trinajstić information content (AvgIpc) is 2.82. The Morgan fingerprint density at radius 1 is 1.42 bits per heavy atom. The standard InChI is InChI=1S/C14H27N3O2/c1-5-16(11(4)18)8-12-6-7-17(9-12)14(19)13(15)10(2)3/h10,12-13H,5-9,15H2,1-4H3. The molecule has 2 N–H and O–H groups in total. The van der Waals surface area contributed by atoms with Crippen LogP contribution >= 0.6 is 0 Å². The van der Waals surface area contributed by atoms with Crippen molar-refractivity contribution in [2.24, 2.45) is 17.6 Å². The molecule has 0 bridgehead atoms. The fraction of sp³-hybridized carbons (Fsp3) is 0.857. The Morgan fingerprint density at radius 2 is 2.05 bits per heavy atom. The predicted molar refractivity (Wildman–Crippen MR) is 75.4 cm³/mol. The molecule has 2 unspecified atom stereocenters. The molecule has 0 aromatic rings. The van der Waals surface area contributed by atoms with Crippen LogP contribution < -0.4 is 5.73 Å². The van der Waals surface area contributed by atoms with Gasteiger partial charge in [-0.25, -0.2) is 0 Å². The zero-order valence-corrected chi connectivity index (χ0v) is 12.6. The zero-order valence-electron chi connectivity index (χ0n) is 12.6. The summed E-state index contributed by atoms with van der Waals surface area (Å²) in [4.78, 5) is 27.2. The Kier molecular flexibility index (Phi) is 5.79. The van der Waals surface area contributed by atoms with Crippen molar-refractivity contribution in [3.8, 4) is 0 Å². The normalized spacial score (nSPS) is 20.7. The summed E-state index contributed by atoms with van der Waals surface area (Å²) in [6, 6.07) is -0.408. The first-order valence-electron chi connectivity index (χ1n) is 7.16. The third-order valence-corrected chi connectivity index (χ3v) is 3.91. The highest BCUT2D eigenvalue weighted by Crippen LogP contribution is 2.19. The first kappa shape index (κ1) is 16.0. The second-order valence-electron chi connectivity index (χ2n) is 5.77. The molecule has 2 amide bonds. The van der Waals surface area contributed by atoms with Crippen molar-refractivity contribution in [1.29, 1.82) is 0 Å². The summed E-state index contributed by atoms with van der Waals surface area (Å²) < 4.78 is 0. The highest BCUT2D eigenvalue weighted by atomic mass is 16.2. The first-order valence-corrected chi connectivity index (χ1v) is 7.16. The summed E-state index contributed by atoms with van der Waals surface area (Å²) >= 11 is 0. The summed E-state index contributed by atoms with van der Waals surface area (Å²) in [6.45, 7) is 10.5. The van der Waals surface area contributed by atoms with Crippen molar-refractivity contribution >= 4 is 11.8 Å². The van der Waals surface area contributed by atoms with Crippen molar-refractivity contribution in [3.05, 3.63) is 0 Å². The molecule has 0 aromatic heterocycles. The van der Waals surface area contributed by atoms with Gasteiger partial charge in [-0.3, -0.25) is 9.59 Å². The zero-order chi connectivity index (χ0) is 14.6. The maximum absolute atomic E-state index is 12.1. The predicted octanol–water partition coefficient (Wildman–Crippen LogP) is 0.687. The summed E-state index contributed by atoms with van der Waals surface area (Å²) in [5.74, 6) is 0.692. The molecule has 1 saturated heterocycles. The smallest absolute Gasteiger partial charge is 0.239 e. The Labute approximate surface area is 116 Å². The monoisotopic (exact) mass is 269 g/mol. The Bertz CT molecular complexity index is 331. The number of amides is 2. The van der Waals surface area contributed by atoms with E-state index < -0.39 is 6.04 Å². The number of hydrogen-bond donors (Lipinski definition) is 1. The van der Waals surface area contributed by atoms with Gasteiger partial charge < -0.3 is 15.5 Å². The SMILES string of the molecule is CCN(CC1CCN(C(=O)C(N)C(C)C)C1)C(C)=O. The lowest BCUT2D eigenvalue weighted by atomic mass is 10.0. The van der Waals surface area contributed by atoms with Crippen LogP contribution in [0.3, 0.4) is 0 Å².